The van der Waals surface area contributed by atoms with Gasteiger partial charge in [-0.05, 0) is 36.1 Å². The number of hydrogen-bond donors (Lipinski definition) is 3. The molecule has 0 saturated heterocycles. The zero-order valence-electron chi connectivity index (χ0n) is 11.2. The minimum Gasteiger partial charge on any atom is -0.395 e. The maximum atomic E-state index is 11.9. The van der Waals surface area contributed by atoms with E-state index in [9.17, 15) is 9.59 Å². The quantitative estimate of drug-likeness (QED) is 0.736. The molecule has 1 saturated carbocycles. The van der Waals surface area contributed by atoms with Gasteiger partial charge in [-0.15, -0.1) is 0 Å². The van der Waals surface area contributed by atoms with Crippen LogP contribution in [0, 0.1) is 5.92 Å². The molecule has 0 spiro atoms. The molecule has 1 aromatic rings. The van der Waals surface area contributed by atoms with Gasteiger partial charge in [-0.3, -0.25) is 9.59 Å². The van der Waals surface area contributed by atoms with Crippen LogP contribution in [0.25, 0.3) is 0 Å². The molecule has 114 valence electrons. The third kappa shape index (κ3) is 4.59. The predicted octanol–water partition coefficient (Wildman–Crippen LogP) is 1.32. The first kappa shape index (κ1) is 16.1. The number of nitrogens with one attached hydrogen (secondary N) is 2. The first-order valence-corrected chi connectivity index (χ1v) is 7.38. The van der Waals surface area contributed by atoms with Crippen molar-refractivity contribution in [2.75, 3.05) is 19.7 Å². The largest absolute Gasteiger partial charge is 0.395 e. The molecule has 0 heterocycles. The van der Waals surface area contributed by atoms with Crippen LogP contribution in [-0.2, 0) is 9.59 Å². The van der Waals surface area contributed by atoms with Crippen LogP contribution >= 0.6 is 23.2 Å². The van der Waals surface area contributed by atoms with Crippen LogP contribution in [0.1, 0.15) is 17.9 Å². The summed E-state index contributed by atoms with van der Waals surface area (Å²) in [7, 11) is 0. The Bertz CT molecular complexity index is 531. The van der Waals surface area contributed by atoms with E-state index in [0.717, 1.165) is 12.0 Å². The van der Waals surface area contributed by atoms with Gasteiger partial charge in [0.2, 0.25) is 11.8 Å². The summed E-state index contributed by atoms with van der Waals surface area (Å²) in [5.41, 5.74) is 0.942. The van der Waals surface area contributed by atoms with E-state index in [2.05, 4.69) is 10.6 Å². The molecule has 2 atom stereocenters. The molecule has 0 aromatic heterocycles. The van der Waals surface area contributed by atoms with Gasteiger partial charge in [0.15, 0.2) is 0 Å². The lowest BCUT2D eigenvalue weighted by Gasteiger charge is -2.06. The first-order chi connectivity index (χ1) is 10.0. The zero-order chi connectivity index (χ0) is 15.4. The van der Waals surface area contributed by atoms with Gasteiger partial charge in [0.1, 0.15) is 0 Å². The number of aliphatic hydroxyl groups is 1. The number of hydrogen-bond acceptors (Lipinski definition) is 3. The third-order valence-electron chi connectivity index (χ3n) is 3.30. The molecule has 0 bridgehead atoms. The molecular formula is C14H16Cl2N2O3. The van der Waals surface area contributed by atoms with Crippen LogP contribution in [-0.4, -0.2) is 36.6 Å². The van der Waals surface area contributed by atoms with Crippen molar-refractivity contribution in [3.8, 4) is 0 Å². The Labute approximate surface area is 132 Å². The number of amides is 2. The molecule has 5 nitrogen and oxygen atoms in total. The maximum Gasteiger partial charge on any atom is 0.239 e. The number of halogens is 2. The van der Waals surface area contributed by atoms with Crippen molar-refractivity contribution in [1.82, 2.24) is 10.6 Å². The Morgan fingerprint density at radius 1 is 1.19 bits per heavy atom. The Balaban J connectivity index is 1.82. The van der Waals surface area contributed by atoms with Gasteiger partial charge in [0.05, 0.1) is 13.2 Å². The highest BCUT2D eigenvalue weighted by Crippen LogP contribution is 2.48. The third-order valence-corrected chi connectivity index (χ3v) is 3.73. The Kier molecular flexibility index (Phi) is 5.45. The van der Waals surface area contributed by atoms with Crippen molar-refractivity contribution in [3.05, 3.63) is 33.8 Å². The minimum atomic E-state index is -0.319. The van der Waals surface area contributed by atoms with Gasteiger partial charge in [0, 0.05) is 22.5 Å². The highest BCUT2D eigenvalue weighted by atomic mass is 35.5. The van der Waals surface area contributed by atoms with Crippen molar-refractivity contribution < 1.29 is 14.7 Å². The zero-order valence-corrected chi connectivity index (χ0v) is 12.7. The highest BCUT2D eigenvalue weighted by molar-refractivity contribution is 6.34. The van der Waals surface area contributed by atoms with Crippen LogP contribution in [0.15, 0.2) is 18.2 Å². The van der Waals surface area contributed by atoms with E-state index < -0.39 is 0 Å². The van der Waals surface area contributed by atoms with Gasteiger partial charge in [0.25, 0.3) is 0 Å². The number of benzene rings is 1. The molecule has 1 fully saturated rings. The molecule has 1 aliphatic carbocycles. The van der Waals surface area contributed by atoms with Crippen molar-refractivity contribution in [2.24, 2.45) is 5.92 Å². The molecule has 1 aromatic carbocycles. The van der Waals surface area contributed by atoms with Crippen LogP contribution in [0.2, 0.25) is 10.0 Å². The number of aliphatic hydroxyl groups excluding tert-OH is 1. The monoisotopic (exact) mass is 330 g/mol. The lowest BCUT2D eigenvalue weighted by Crippen LogP contribution is -2.38. The summed E-state index contributed by atoms with van der Waals surface area (Å²) in [4.78, 5) is 23.2. The number of rotatable bonds is 6. The molecule has 2 rings (SSSR count). The van der Waals surface area contributed by atoms with E-state index in [-0.39, 0.29) is 43.3 Å². The van der Waals surface area contributed by atoms with Crippen LogP contribution in [0.4, 0.5) is 0 Å². The Hall–Kier alpha value is -1.30. The molecule has 7 heteroatoms. The lowest BCUT2D eigenvalue weighted by atomic mass is 10.1. The van der Waals surface area contributed by atoms with E-state index in [0.29, 0.717) is 10.0 Å². The van der Waals surface area contributed by atoms with Gasteiger partial charge in [-0.2, -0.15) is 0 Å². The molecule has 1 aliphatic rings. The van der Waals surface area contributed by atoms with E-state index >= 15 is 0 Å². The van der Waals surface area contributed by atoms with Crippen LogP contribution in [0.3, 0.4) is 0 Å². The normalized spacial score (nSPS) is 20.0. The Morgan fingerprint density at radius 3 is 2.48 bits per heavy atom. The van der Waals surface area contributed by atoms with Crippen LogP contribution < -0.4 is 10.6 Å². The summed E-state index contributed by atoms with van der Waals surface area (Å²) in [5, 5.41) is 14.7. The highest BCUT2D eigenvalue weighted by Gasteiger charge is 2.44. The molecule has 0 unspecified atom stereocenters. The average Bonchev–Trinajstić information content (AvgIpc) is 3.22. The van der Waals surface area contributed by atoms with Crippen LogP contribution in [0.5, 0.6) is 0 Å². The topological polar surface area (TPSA) is 78.4 Å². The summed E-state index contributed by atoms with van der Waals surface area (Å²) in [6.45, 7) is -0.0277. The lowest BCUT2D eigenvalue weighted by molar-refractivity contribution is -0.126. The van der Waals surface area contributed by atoms with E-state index in [1.54, 1.807) is 18.2 Å². The molecule has 2 amide bonds. The second kappa shape index (κ2) is 7.11. The summed E-state index contributed by atoms with van der Waals surface area (Å²) < 4.78 is 0. The summed E-state index contributed by atoms with van der Waals surface area (Å²) >= 11 is 11.9. The summed E-state index contributed by atoms with van der Waals surface area (Å²) in [5.74, 6) is -0.525. The van der Waals surface area contributed by atoms with Gasteiger partial charge in [-0.1, -0.05) is 23.2 Å². The average molecular weight is 331 g/mol. The summed E-state index contributed by atoms with van der Waals surface area (Å²) in [6, 6.07) is 5.26. The Morgan fingerprint density at radius 2 is 1.86 bits per heavy atom. The fourth-order valence-corrected chi connectivity index (χ4v) is 2.74. The van der Waals surface area contributed by atoms with E-state index in [4.69, 9.17) is 28.3 Å². The second-order valence-electron chi connectivity index (χ2n) is 4.94. The second-order valence-corrected chi connectivity index (χ2v) is 5.82. The van der Waals surface area contributed by atoms with Gasteiger partial charge >= 0.3 is 0 Å². The van der Waals surface area contributed by atoms with Gasteiger partial charge < -0.3 is 15.7 Å². The van der Waals surface area contributed by atoms with E-state index in [1.807, 2.05) is 0 Å². The maximum absolute atomic E-state index is 11.9. The smallest absolute Gasteiger partial charge is 0.239 e. The predicted molar refractivity (Wildman–Crippen MR) is 80.4 cm³/mol. The van der Waals surface area contributed by atoms with Crippen molar-refractivity contribution in [2.45, 2.75) is 12.3 Å². The number of carbonyl (C=O) groups is 2. The van der Waals surface area contributed by atoms with E-state index in [1.165, 1.54) is 0 Å². The first-order valence-electron chi connectivity index (χ1n) is 6.62. The SMILES string of the molecule is O=C(CNC(=O)[C@@H]1C[C@@H]1c1cc(Cl)cc(Cl)c1)NCCO. The minimum absolute atomic E-state index is 0.0850. The molecule has 3 N–H and O–H groups in total. The van der Waals surface area contributed by atoms with Crippen molar-refractivity contribution in [3.63, 3.8) is 0 Å². The fourth-order valence-electron chi connectivity index (χ4n) is 2.20. The van der Waals surface area contributed by atoms with Crippen molar-refractivity contribution in [1.29, 1.82) is 0 Å². The van der Waals surface area contributed by atoms with Gasteiger partial charge in [-0.25, -0.2) is 0 Å². The standard InChI is InChI=1S/C14H16Cl2N2O3/c15-9-3-8(4-10(16)5-9)11-6-12(11)14(21)18-7-13(20)17-1-2-19/h3-5,11-12,19H,1-2,6-7H2,(H,17,20)(H,18,21)/t11-,12-/m1/s1. The molecule has 21 heavy (non-hydrogen) atoms. The molecular weight excluding hydrogens is 315 g/mol. The molecule has 0 aliphatic heterocycles. The summed E-state index contributed by atoms with van der Waals surface area (Å²) in [6.07, 6.45) is 0.723. The molecule has 0 radical (unpaired) electrons. The number of carbonyl (C=O) groups excluding carboxylic acids is 2. The fraction of sp³-hybridized carbons (Fsp3) is 0.429. The van der Waals surface area contributed by atoms with Crippen molar-refractivity contribution >= 4 is 35.0 Å².